The molecule has 8 heteroatoms. The molecule has 0 amide bonds. The molecule has 1 aromatic heterocycles. The highest BCUT2D eigenvalue weighted by atomic mass is 32.2. The third-order valence-electron chi connectivity index (χ3n) is 4.85. The minimum absolute atomic E-state index is 0.228. The summed E-state index contributed by atoms with van der Waals surface area (Å²) in [6, 6.07) is 6.93. The Bertz CT molecular complexity index is 843. The van der Waals surface area contributed by atoms with Gasteiger partial charge in [-0.05, 0) is 30.2 Å². The number of anilines is 2. The molecule has 3 rings (SSSR count). The summed E-state index contributed by atoms with van der Waals surface area (Å²) in [5.41, 5.74) is 1.46. The maximum absolute atomic E-state index is 12.6. The number of sulfonamides is 1. The minimum atomic E-state index is -3.65. The van der Waals surface area contributed by atoms with Crippen molar-refractivity contribution in [1.29, 1.82) is 0 Å². The lowest BCUT2D eigenvalue weighted by molar-refractivity contribution is 0.270. The molecule has 0 saturated carbocycles. The smallest absolute Gasteiger partial charge is 0.261 e. The SMILES string of the molecule is CCN1CCN(c2ncc(NS(=O)(=O)c3ccc(C(C)C)cc3)cn2)CC1. The van der Waals surface area contributed by atoms with Crippen LogP contribution >= 0.6 is 0 Å². The summed E-state index contributed by atoms with van der Waals surface area (Å²) in [5.74, 6) is 0.991. The van der Waals surface area contributed by atoms with Crippen LogP contribution in [-0.4, -0.2) is 56.0 Å². The molecule has 1 aliphatic rings. The van der Waals surface area contributed by atoms with Crippen molar-refractivity contribution >= 4 is 21.7 Å². The molecule has 1 saturated heterocycles. The van der Waals surface area contributed by atoms with Crippen molar-refractivity contribution in [2.24, 2.45) is 0 Å². The summed E-state index contributed by atoms with van der Waals surface area (Å²) in [6.45, 7) is 11.1. The fraction of sp³-hybridized carbons (Fsp3) is 0.474. The topological polar surface area (TPSA) is 78.4 Å². The van der Waals surface area contributed by atoms with Crippen molar-refractivity contribution in [1.82, 2.24) is 14.9 Å². The van der Waals surface area contributed by atoms with Gasteiger partial charge in [0, 0.05) is 26.2 Å². The van der Waals surface area contributed by atoms with Crippen LogP contribution in [0, 0.1) is 0 Å². The van der Waals surface area contributed by atoms with Gasteiger partial charge in [-0.2, -0.15) is 0 Å². The normalized spacial score (nSPS) is 15.9. The highest BCUT2D eigenvalue weighted by molar-refractivity contribution is 7.92. The molecule has 0 aliphatic carbocycles. The predicted molar refractivity (Wildman–Crippen MR) is 108 cm³/mol. The van der Waals surface area contributed by atoms with Gasteiger partial charge >= 0.3 is 0 Å². The molecule has 0 spiro atoms. The number of hydrogen-bond acceptors (Lipinski definition) is 6. The first-order chi connectivity index (χ1) is 12.9. The summed E-state index contributed by atoms with van der Waals surface area (Å²) in [6.07, 6.45) is 3.04. The molecule has 0 atom stereocenters. The molecule has 1 fully saturated rings. The lowest BCUT2D eigenvalue weighted by Gasteiger charge is -2.33. The molecule has 146 valence electrons. The molecule has 2 aromatic rings. The Kier molecular flexibility index (Phi) is 5.96. The summed E-state index contributed by atoms with van der Waals surface area (Å²) in [5, 5.41) is 0. The van der Waals surface area contributed by atoms with E-state index < -0.39 is 10.0 Å². The van der Waals surface area contributed by atoms with Crippen LogP contribution in [0.4, 0.5) is 11.6 Å². The van der Waals surface area contributed by atoms with Gasteiger partial charge in [-0.25, -0.2) is 18.4 Å². The Morgan fingerprint density at radius 3 is 2.15 bits per heavy atom. The van der Waals surface area contributed by atoms with Crippen LogP contribution in [0.25, 0.3) is 0 Å². The first-order valence-electron chi connectivity index (χ1n) is 9.31. The van der Waals surface area contributed by atoms with Gasteiger partial charge in [-0.3, -0.25) is 4.72 Å². The van der Waals surface area contributed by atoms with Gasteiger partial charge < -0.3 is 9.80 Å². The number of hydrogen-bond donors (Lipinski definition) is 1. The van der Waals surface area contributed by atoms with E-state index in [-0.39, 0.29) is 4.90 Å². The Morgan fingerprint density at radius 2 is 1.63 bits per heavy atom. The standard InChI is InChI=1S/C19H27N5O2S/c1-4-23-9-11-24(12-10-23)19-20-13-17(14-21-19)22-27(25,26)18-7-5-16(6-8-18)15(2)3/h5-8,13-15,22H,4,9-12H2,1-3H3. The van der Waals surface area contributed by atoms with E-state index in [1.807, 2.05) is 12.1 Å². The fourth-order valence-electron chi connectivity index (χ4n) is 3.05. The maximum Gasteiger partial charge on any atom is 0.261 e. The third-order valence-corrected chi connectivity index (χ3v) is 6.25. The van der Waals surface area contributed by atoms with Gasteiger partial charge in [0.05, 0.1) is 23.0 Å². The molecule has 1 aliphatic heterocycles. The van der Waals surface area contributed by atoms with E-state index in [0.29, 0.717) is 17.6 Å². The van der Waals surface area contributed by atoms with Gasteiger partial charge in [0.1, 0.15) is 0 Å². The lowest BCUT2D eigenvalue weighted by atomic mass is 10.0. The lowest BCUT2D eigenvalue weighted by Crippen LogP contribution is -2.46. The number of aromatic nitrogens is 2. The average molecular weight is 390 g/mol. The second-order valence-corrected chi connectivity index (χ2v) is 8.70. The van der Waals surface area contributed by atoms with Crippen molar-refractivity contribution in [2.45, 2.75) is 31.6 Å². The Labute approximate surface area is 161 Å². The monoisotopic (exact) mass is 389 g/mol. The van der Waals surface area contributed by atoms with Gasteiger partial charge in [0.15, 0.2) is 0 Å². The summed E-state index contributed by atoms with van der Waals surface area (Å²) in [4.78, 5) is 13.4. The minimum Gasteiger partial charge on any atom is -0.338 e. The number of piperazine rings is 1. The zero-order valence-corrected chi connectivity index (χ0v) is 16.9. The van der Waals surface area contributed by atoms with E-state index in [2.05, 4.69) is 45.3 Å². The highest BCUT2D eigenvalue weighted by Crippen LogP contribution is 2.20. The number of likely N-dealkylation sites (N-methyl/N-ethyl adjacent to an activating group) is 1. The third kappa shape index (κ3) is 4.75. The zero-order chi connectivity index (χ0) is 19.4. The van der Waals surface area contributed by atoms with E-state index in [1.165, 1.54) is 12.4 Å². The van der Waals surface area contributed by atoms with Gasteiger partial charge in [0.25, 0.3) is 10.0 Å². The fourth-order valence-corrected chi connectivity index (χ4v) is 4.08. The van der Waals surface area contributed by atoms with Crippen molar-refractivity contribution in [3.63, 3.8) is 0 Å². The van der Waals surface area contributed by atoms with Gasteiger partial charge in [-0.1, -0.05) is 32.9 Å². The quantitative estimate of drug-likeness (QED) is 0.818. The van der Waals surface area contributed by atoms with Crippen LogP contribution in [0.15, 0.2) is 41.6 Å². The van der Waals surface area contributed by atoms with Crippen molar-refractivity contribution in [3.8, 4) is 0 Å². The molecular weight excluding hydrogens is 362 g/mol. The first kappa shape index (κ1) is 19.6. The Hall–Kier alpha value is -2.19. The summed E-state index contributed by atoms with van der Waals surface area (Å²) >= 11 is 0. The van der Waals surface area contributed by atoms with Crippen LogP contribution in [0.2, 0.25) is 0 Å². The number of rotatable bonds is 6. The highest BCUT2D eigenvalue weighted by Gasteiger charge is 2.19. The van der Waals surface area contributed by atoms with Crippen LogP contribution < -0.4 is 9.62 Å². The molecule has 0 bridgehead atoms. The van der Waals surface area contributed by atoms with E-state index in [4.69, 9.17) is 0 Å². The first-order valence-corrected chi connectivity index (χ1v) is 10.8. The van der Waals surface area contributed by atoms with E-state index in [1.54, 1.807) is 12.1 Å². The average Bonchev–Trinajstić information content (AvgIpc) is 2.68. The van der Waals surface area contributed by atoms with E-state index in [0.717, 1.165) is 38.3 Å². The molecule has 2 heterocycles. The molecule has 27 heavy (non-hydrogen) atoms. The van der Waals surface area contributed by atoms with Crippen LogP contribution in [-0.2, 0) is 10.0 Å². The summed E-state index contributed by atoms with van der Waals surface area (Å²) < 4.78 is 27.7. The number of nitrogens with zero attached hydrogens (tertiary/aromatic N) is 4. The maximum atomic E-state index is 12.6. The predicted octanol–water partition coefficient (Wildman–Crippen LogP) is 2.54. The molecule has 1 aromatic carbocycles. The number of nitrogens with one attached hydrogen (secondary N) is 1. The van der Waals surface area contributed by atoms with Crippen LogP contribution in [0.5, 0.6) is 0 Å². The van der Waals surface area contributed by atoms with E-state index >= 15 is 0 Å². The van der Waals surface area contributed by atoms with Crippen molar-refractivity contribution in [3.05, 3.63) is 42.2 Å². The van der Waals surface area contributed by atoms with Gasteiger partial charge in [-0.15, -0.1) is 0 Å². The zero-order valence-electron chi connectivity index (χ0n) is 16.1. The molecule has 7 nitrogen and oxygen atoms in total. The molecule has 0 unspecified atom stereocenters. The second-order valence-electron chi connectivity index (χ2n) is 7.02. The molecule has 1 N–H and O–H groups in total. The molecule has 0 radical (unpaired) electrons. The largest absolute Gasteiger partial charge is 0.338 e. The van der Waals surface area contributed by atoms with E-state index in [9.17, 15) is 8.42 Å². The summed E-state index contributed by atoms with van der Waals surface area (Å²) in [7, 11) is -3.65. The second kappa shape index (κ2) is 8.22. The Morgan fingerprint density at radius 1 is 1.04 bits per heavy atom. The molecular formula is C19H27N5O2S. The van der Waals surface area contributed by atoms with Crippen molar-refractivity contribution < 1.29 is 8.42 Å². The van der Waals surface area contributed by atoms with Gasteiger partial charge in [0.2, 0.25) is 5.95 Å². The van der Waals surface area contributed by atoms with Crippen molar-refractivity contribution in [2.75, 3.05) is 42.3 Å². The number of benzene rings is 1. The Balaban J connectivity index is 1.66. The van der Waals surface area contributed by atoms with Crippen LogP contribution in [0.1, 0.15) is 32.3 Å². The van der Waals surface area contributed by atoms with Crippen LogP contribution in [0.3, 0.4) is 0 Å².